The molecule has 3 aromatic rings. The van der Waals surface area contributed by atoms with E-state index in [1.165, 1.54) is 18.2 Å². The molecule has 3 rings (SSSR count). The Morgan fingerprint density at radius 3 is 2.37 bits per heavy atom. The average molecular weight is 528 g/mol. The number of hydrogen-bond acceptors (Lipinski definition) is 4. The maximum absolute atomic E-state index is 12.5. The molecule has 0 heterocycles. The molecule has 0 spiro atoms. The van der Waals surface area contributed by atoms with Crippen molar-refractivity contribution in [1.29, 1.82) is 5.26 Å². The van der Waals surface area contributed by atoms with Crippen molar-refractivity contribution in [2.75, 3.05) is 5.32 Å². The Bertz CT molecular complexity index is 1120. The quantitative estimate of drug-likeness (QED) is 0.232. The van der Waals surface area contributed by atoms with Crippen molar-refractivity contribution in [2.24, 2.45) is 0 Å². The van der Waals surface area contributed by atoms with Crippen LogP contribution in [0.2, 0.25) is 0 Å². The molecule has 0 unspecified atom stereocenters. The minimum atomic E-state index is -0.554. The molecule has 3 aromatic carbocycles. The van der Waals surface area contributed by atoms with Crippen LogP contribution in [0.15, 0.2) is 81.2 Å². The van der Waals surface area contributed by atoms with Gasteiger partial charge in [0.25, 0.3) is 5.91 Å². The summed E-state index contributed by atoms with van der Waals surface area (Å²) in [7, 11) is 0. The topological polar surface area (TPSA) is 82.3 Å². The van der Waals surface area contributed by atoms with Crippen molar-refractivity contribution in [2.45, 2.75) is 6.61 Å². The molecular weight excluding hydrogens is 512 g/mol. The van der Waals surface area contributed by atoms with Crippen LogP contribution in [0.25, 0.3) is 6.08 Å². The van der Waals surface area contributed by atoms with Crippen LogP contribution in [-0.4, -0.2) is 11.0 Å². The normalized spacial score (nSPS) is 10.9. The van der Waals surface area contributed by atoms with Crippen molar-refractivity contribution >= 4 is 49.5 Å². The van der Waals surface area contributed by atoms with Gasteiger partial charge in [0, 0.05) is 20.2 Å². The molecule has 0 aliphatic heterocycles. The zero-order valence-corrected chi connectivity index (χ0v) is 18.8. The second-order valence-electron chi connectivity index (χ2n) is 6.27. The summed E-state index contributed by atoms with van der Waals surface area (Å²) in [6.45, 7) is 0.345. The Morgan fingerprint density at radius 1 is 1.03 bits per heavy atom. The van der Waals surface area contributed by atoms with Crippen molar-refractivity contribution in [3.63, 3.8) is 0 Å². The number of nitriles is 1. The van der Waals surface area contributed by atoms with Crippen molar-refractivity contribution in [1.82, 2.24) is 0 Å². The molecular formula is C23H16Br2N2O3. The molecule has 0 aliphatic rings. The van der Waals surface area contributed by atoms with Crippen LogP contribution in [0.5, 0.6) is 11.5 Å². The maximum atomic E-state index is 12.5. The van der Waals surface area contributed by atoms with E-state index < -0.39 is 5.91 Å². The molecule has 1 amide bonds. The minimum absolute atomic E-state index is 0.0744. The first-order valence-corrected chi connectivity index (χ1v) is 10.4. The lowest BCUT2D eigenvalue weighted by Gasteiger charge is -2.11. The first-order valence-electron chi connectivity index (χ1n) is 8.83. The summed E-state index contributed by atoms with van der Waals surface area (Å²) < 4.78 is 7.70. The number of anilines is 1. The molecule has 0 aliphatic carbocycles. The summed E-state index contributed by atoms with van der Waals surface area (Å²) in [5.41, 5.74) is 1.98. The number of amides is 1. The molecule has 0 bridgehead atoms. The standard InChI is InChI=1S/C23H16Br2N2O3/c24-18-3-1-15(2-4-18)14-30-22-10-5-19(25)12-16(22)11-17(13-26)23(29)27-20-6-8-21(28)9-7-20/h1-12,28H,14H2,(H,27,29)/b17-11+. The van der Waals surface area contributed by atoms with E-state index >= 15 is 0 Å². The third kappa shape index (κ3) is 5.96. The lowest BCUT2D eigenvalue weighted by atomic mass is 10.1. The molecule has 30 heavy (non-hydrogen) atoms. The average Bonchev–Trinajstić information content (AvgIpc) is 2.74. The van der Waals surface area contributed by atoms with Gasteiger partial charge in [-0.1, -0.05) is 44.0 Å². The molecule has 2 N–H and O–H groups in total. The molecule has 0 radical (unpaired) electrons. The van der Waals surface area contributed by atoms with Crippen molar-refractivity contribution < 1.29 is 14.6 Å². The van der Waals surface area contributed by atoms with Crippen molar-refractivity contribution in [3.05, 3.63) is 92.4 Å². The number of phenolic OH excluding ortho intramolecular Hbond substituents is 1. The van der Waals surface area contributed by atoms with E-state index in [-0.39, 0.29) is 11.3 Å². The van der Waals surface area contributed by atoms with Crippen LogP contribution >= 0.6 is 31.9 Å². The zero-order chi connectivity index (χ0) is 21.5. The highest BCUT2D eigenvalue weighted by atomic mass is 79.9. The van der Waals surface area contributed by atoms with E-state index in [1.54, 1.807) is 24.3 Å². The number of ether oxygens (including phenoxy) is 1. The minimum Gasteiger partial charge on any atom is -0.508 e. The van der Waals surface area contributed by atoms with Gasteiger partial charge in [-0.05, 0) is 66.2 Å². The van der Waals surface area contributed by atoms with Gasteiger partial charge in [-0.2, -0.15) is 5.26 Å². The molecule has 0 saturated carbocycles. The Labute approximate surface area is 190 Å². The summed E-state index contributed by atoms with van der Waals surface area (Å²) in [5.74, 6) is 0.0825. The predicted molar refractivity (Wildman–Crippen MR) is 123 cm³/mol. The number of halogens is 2. The number of aromatic hydroxyl groups is 1. The molecule has 5 nitrogen and oxygen atoms in total. The fourth-order valence-corrected chi connectivity index (χ4v) is 3.20. The first kappa shape index (κ1) is 21.6. The van der Waals surface area contributed by atoms with Gasteiger partial charge < -0.3 is 15.2 Å². The summed E-state index contributed by atoms with van der Waals surface area (Å²) in [6, 6.07) is 21.1. The largest absolute Gasteiger partial charge is 0.508 e. The number of benzene rings is 3. The van der Waals surface area contributed by atoms with Gasteiger partial charge in [0.05, 0.1) is 0 Å². The number of phenols is 1. The van der Waals surface area contributed by atoms with Gasteiger partial charge in [0.1, 0.15) is 29.7 Å². The number of carbonyl (C=O) groups is 1. The molecule has 0 fully saturated rings. The number of rotatable bonds is 6. The lowest BCUT2D eigenvalue weighted by molar-refractivity contribution is -0.112. The Morgan fingerprint density at radius 2 is 1.70 bits per heavy atom. The van der Waals surface area contributed by atoms with E-state index in [9.17, 15) is 15.2 Å². The summed E-state index contributed by atoms with van der Waals surface area (Å²) in [4.78, 5) is 12.5. The second-order valence-corrected chi connectivity index (χ2v) is 8.10. The van der Waals surface area contributed by atoms with Gasteiger partial charge in [0.15, 0.2) is 0 Å². The molecule has 0 atom stereocenters. The SMILES string of the molecule is N#C/C(=C\c1cc(Br)ccc1OCc1ccc(Br)cc1)C(=O)Nc1ccc(O)cc1. The predicted octanol–water partition coefficient (Wildman–Crippen LogP) is 6.04. The van der Waals surface area contributed by atoms with Crippen LogP contribution in [0.4, 0.5) is 5.69 Å². The number of nitrogens with one attached hydrogen (secondary N) is 1. The van der Waals surface area contributed by atoms with Gasteiger partial charge in [-0.3, -0.25) is 4.79 Å². The fraction of sp³-hybridized carbons (Fsp3) is 0.0435. The first-order chi connectivity index (χ1) is 14.4. The Balaban J connectivity index is 1.81. The summed E-state index contributed by atoms with van der Waals surface area (Å²) in [5, 5.41) is 21.5. The van der Waals surface area contributed by atoms with Crippen LogP contribution in [0.1, 0.15) is 11.1 Å². The third-order valence-electron chi connectivity index (χ3n) is 4.07. The van der Waals surface area contributed by atoms with Crippen LogP contribution in [0, 0.1) is 11.3 Å². The summed E-state index contributed by atoms with van der Waals surface area (Å²) in [6.07, 6.45) is 1.48. The molecule has 150 valence electrons. The van der Waals surface area contributed by atoms with E-state index in [4.69, 9.17) is 4.74 Å². The third-order valence-corrected chi connectivity index (χ3v) is 5.09. The monoisotopic (exact) mass is 526 g/mol. The van der Waals surface area contributed by atoms with Crippen LogP contribution < -0.4 is 10.1 Å². The van der Waals surface area contributed by atoms with Gasteiger partial charge in [-0.25, -0.2) is 0 Å². The maximum Gasteiger partial charge on any atom is 0.266 e. The number of hydrogen-bond donors (Lipinski definition) is 2. The lowest BCUT2D eigenvalue weighted by Crippen LogP contribution is -2.13. The number of nitrogens with zero attached hydrogens (tertiary/aromatic N) is 1. The highest BCUT2D eigenvalue weighted by molar-refractivity contribution is 9.10. The Hall–Kier alpha value is -3.08. The highest BCUT2D eigenvalue weighted by Gasteiger charge is 2.12. The number of carbonyl (C=O) groups excluding carboxylic acids is 1. The molecule has 0 aromatic heterocycles. The van der Waals surface area contributed by atoms with E-state index in [0.29, 0.717) is 23.6 Å². The van der Waals surface area contributed by atoms with Gasteiger partial charge >= 0.3 is 0 Å². The van der Waals surface area contributed by atoms with E-state index in [2.05, 4.69) is 37.2 Å². The van der Waals surface area contributed by atoms with Crippen LogP contribution in [0.3, 0.4) is 0 Å². The fourth-order valence-electron chi connectivity index (χ4n) is 2.55. The van der Waals surface area contributed by atoms with Crippen LogP contribution in [-0.2, 0) is 11.4 Å². The van der Waals surface area contributed by atoms with Gasteiger partial charge in [-0.15, -0.1) is 0 Å². The highest BCUT2D eigenvalue weighted by Crippen LogP contribution is 2.27. The van der Waals surface area contributed by atoms with Gasteiger partial charge in [0.2, 0.25) is 0 Å². The molecule has 7 heteroatoms. The van der Waals surface area contributed by atoms with Crippen molar-refractivity contribution in [3.8, 4) is 17.6 Å². The van der Waals surface area contributed by atoms with E-state index in [0.717, 1.165) is 14.5 Å². The Kier molecular flexibility index (Phi) is 7.28. The zero-order valence-electron chi connectivity index (χ0n) is 15.6. The second kappa shape index (κ2) is 10.1. The smallest absolute Gasteiger partial charge is 0.266 e. The van der Waals surface area contributed by atoms with E-state index in [1.807, 2.05) is 36.4 Å². The summed E-state index contributed by atoms with van der Waals surface area (Å²) >= 11 is 6.81. The molecule has 0 saturated heterocycles.